The third-order valence-corrected chi connectivity index (χ3v) is 5.18. The molecule has 1 aromatic carbocycles. The summed E-state index contributed by atoms with van der Waals surface area (Å²) < 4.78 is 23.1. The molecule has 0 saturated carbocycles. The lowest BCUT2D eigenvalue weighted by atomic mass is 10.0. The van der Waals surface area contributed by atoms with Crippen LogP contribution < -0.4 is 16.8 Å². The van der Waals surface area contributed by atoms with Crippen molar-refractivity contribution in [1.29, 1.82) is 0 Å². The molecule has 1 unspecified atom stereocenters. The smallest absolute Gasteiger partial charge is 0.248 e. The number of hydrogen-bond acceptors (Lipinski definition) is 5. The summed E-state index contributed by atoms with van der Waals surface area (Å²) in [6.45, 7) is 1.85. The summed E-state index contributed by atoms with van der Waals surface area (Å²) in [7, 11) is -2.99. The largest absolute Gasteiger partial charge is 0.397 e. The standard InChI is InChI=1S/C12H17N3O3S/c1-12(4-5-19(17,18)7-12)15-10-3-2-8(11(14)16)6-9(10)13/h2-3,6,15H,4-5,7,13H2,1H3,(H2,14,16). The molecule has 1 aromatic rings. The molecule has 1 amide bonds. The summed E-state index contributed by atoms with van der Waals surface area (Å²) in [5, 5.41) is 3.15. The van der Waals surface area contributed by atoms with Gasteiger partial charge in [-0.1, -0.05) is 0 Å². The summed E-state index contributed by atoms with van der Waals surface area (Å²) in [4.78, 5) is 11.0. The van der Waals surface area contributed by atoms with Gasteiger partial charge in [0.15, 0.2) is 9.84 Å². The molecule has 1 aliphatic rings. The number of carbonyl (C=O) groups is 1. The van der Waals surface area contributed by atoms with Crippen molar-refractivity contribution in [2.45, 2.75) is 18.9 Å². The van der Waals surface area contributed by atoms with Gasteiger partial charge in [-0.15, -0.1) is 0 Å². The molecular weight excluding hydrogens is 266 g/mol. The van der Waals surface area contributed by atoms with E-state index in [4.69, 9.17) is 11.5 Å². The van der Waals surface area contributed by atoms with Crippen LogP contribution in [0.15, 0.2) is 18.2 Å². The molecule has 1 fully saturated rings. The van der Waals surface area contributed by atoms with Gasteiger partial charge < -0.3 is 16.8 Å². The van der Waals surface area contributed by atoms with Crippen molar-refractivity contribution in [2.24, 2.45) is 5.73 Å². The van der Waals surface area contributed by atoms with Crippen LogP contribution in [0.5, 0.6) is 0 Å². The van der Waals surface area contributed by atoms with E-state index in [1.165, 1.54) is 6.07 Å². The van der Waals surface area contributed by atoms with Gasteiger partial charge in [0.05, 0.1) is 22.9 Å². The molecule has 2 rings (SSSR count). The Bertz CT molecular complexity index is 627. The van der Waals surface area contributed by atoms with Crippen LogP contribution in [0.3, 0.4) is 0 Å². The SMILES string of the molecule is CC1(Nc2ccc(C(N)=O)cc2N)CCS(=O)(=O)C1. The quantitative estimate of drug-likeness (QED) is 0.693. The van der Waals surface area contributed by atoms with Gasteiger partial charge in [-0.2, -0.15) is 0 Å². The lowest BCUT2D eigenvalue weighted by Gasteiger charge is -2.26. The molecule has 0 radical (unpaired) electrons. The molecule has 0 aromatic heterocycles. The number of nitrogen functional groups attached to an aromatic ring is 1. The van der Waals surface area contributed by atoms with Gasteiger partial charge in [-0.25, -0.2) is 8.42 Å². The highest BCUT2D eigenvalue weighted by Crippen LogP contribution is 2.30. The molecule has 104 valence electrons. The van der Waals surface area contributed by atoms with Crippen LogP contribution in [0.25, 0.3) is 0 Å². The molecule has 1 heterocycles. The number of anilines is 2. The van der Waals surface area contributed by atoms with Gasteiger partial charge in [0.1, 0.15) is 0 Å². The predicted octanol–water partition coefficient (Wildman–Crippen LogP) is 0.357. The lowest BCUT2D eigenvalue weighted by Crippen LogP contribution is -2.36. The maximum absolute atomic E-state index is 11.5. The number of sulfone groups is 1. The van der Waals surface area contributed by atoms with Crippen molar-refractivity contribution in [1.82, 2.24) is 0 Å². The van der Waals surface area contributed by atoms with E-state index in [0.717, 1.165) is 0 Å². The second-order valence-electron chi connectivity index (χ2n) is 5.19. The molecule has 1 aliphatic heterocycles. The van der Waals surface area contributed by atoms with Gasteiger partial charge >= 0.3 is 0 Å². The van der Waals surface area contributed by atoms with E-state index >= 15 is 0 Å². The molecule has 1 saturated heterocycles. The first-order valence-electron chi connectivity index (χ1n) is 5.89. The molecule has 0 aliphatic carbocycles. The Labute approximate surface area is 112 Å². The Morgan fingerprint density at radius 2 is 2.11 bits per heavy atom. The minimum absolute atomic E-state index is 0.0804. The molecule has 7 heteroatoms. The molecule has 19 heavy (non-hydrogen) atoms. The van der Waals surface area contributed by atoms with Crippen molar-refractivity contribution in [2.75, 3.05) is 22.6 Å². The first kappa shape index (κ1) is 13.7. The Morgan fingerprint density at radius 3 is 2.58 bits per heavy atom. The zero-order valence-electron chi connectivity index (χ0n) is 10.6. The first-order chi connectivity index (χ1) is 8.71. The van der Waals surface area contributed by atoms with E-state index in [0.29, 0.717) is 23.4 Å². The first-order valence-corrected chi connectivity index (χ1v) is 7.71. The van der Waals surface area contributed by atoms with Crippen molar-refractivity contribution < 1.29 is 13.2 Å². The van der Waals surface area contributed by atoms with Gasteiger partial charge in [0.25, 0.3) is 0 Å². The second kappa shape index (κ2) is 4.41. The van der Waals surface area contributed by atoms with Gasteiger partial charge in [0, 0.05) is 11.1 Å². The highest BCUT2D eigenvalue weighted by Gasteiger charge is 2.38. The number of rotatable bonds is 3. The van der Waals surface area contributed by atoms with Crippen molar-refractivity contribution >= 4 is 27.1 Å². The van der Waals surface area contributed by atoms with E-state index in [1.54, 1.807) is 12.1 Å². The van der Waals surface area contributed by atoms with Crippen LogP contribution in [-0.4, -0.2) is 31.4 Å². The molecule has 1 atom stereocenters. The topological polar surface area (TPSA) is 115 Å². The monoisotopic (exact) mass is 283 g/mol. The Kier molecular flexibility index (Phi) is 3.17. The minimum atomic E-state index is -2.99. The average Bonchev–Trinajstić information content (AvgIpc) is 2.56. The third kappa shape index (κ3) is 2.98. The van der Waals surface area contributed by atoms with Gasteiger partial charge in [0.2, 0.25) is 5.91 Å². The van der Waals surface area contributed by atoms with E-state index in [2.05, 4.69) is 5.32 Å². The second-order valence-corrected chi connectivity index (χ2v) is 7.38. The summed E-state index contributed by atoms with van der Waals surface area (Å²) in [5.74, 6) is -0.292. The zero-order valence-corrected chi connectivity index (χ0v) is 11.5. The Balaban J connectivity index is 2.23. The van der Waals surface area contributed by atoms with E-state index in [1.807, 2.05) is 6.92 Å². The van der Waals surface area contributed by atoms with Crippen LogP contribution in [0.2, 0.25) is 0 Å². The lowest BCUT2D eigenvalue weighted by molar-refractivity contribution is 0.100. The van der Waals surface area contributed by atoms with Crippen LogP contribution in [-0.2, 0) is 9.84 Å². The van der Waals surface area contributed by atoms with Crippen molar-refractivity contribution in [3.63, 3.8) is 0 Å². The maximum Gasteiger partial charge on any atom is 0.248 e. The minimum Gasteiger partial charge on any atom is -0.397 e. The van der Waals surface area contributed by atoms with Crippen LogP contribution in [0, 0.1) is 0 Å². The average molecular weight is 283 g/mol. The van der Waals surface area contributed by atoms with E-state index in [-0.39, 0.29) is 11.5 Å². The number of benzene rings is 1. The Hall–Kier alpha value is -1.76. The van der Waals surface area contributed by atoms with Crippen LogP contribution in [0.1, 0.15) is 23.7 Å². The highest BCUT2D eigenvalue weighted by atomic mass is 32.2. The Morgan fingerprint density at radius 1 is 1.42 bits per heavy atom. The summed E-state index contributed by atoms with van der Waals surface area (Å²) in [6.07, 6.45) is 0.534. The summed E-state index contributed by atoms with van der Waals surface area (Å²) >= 11 is 0. The maximum atomic E-state index is 11.5. The zero-order chi connectivity index (χ0) is 14.3. The van der Waals surface area contributed by atoms with Crippen molar-refractivity contribution in [3.8, 4) is 0 Å². The normalized spacial score (nSPS) is 25.1. The fourth-order valence-electron chi connectivity index (χ4n) is 2.26. The van der Waals surface area contributed by atoms with E-state index in [9.17, 15) is 13.2 Å². The number of nitrogens with one attached hydrogen (secondary N) is 1. The number of carbonyl (C=O) groups excluding carboxylic acids is 1. The summed E-state index contributed by atoms with van der Waals surface area (Å²) in [5.41, 5.74) is 11.8. The molecule has 0 bridgehead atoms. The number of nitrogens with two attached hydrogens (primary N) is 2. The highest BCUT2D eigenvalue weighted by molar-refractivity contribution is 7.91. The summed E-state index contributed by atoms with van der Waals surface area (Å²) in [6, 6.07) is 4.69. The molecule has 0 spiro atoms. The van der Waals surface area contributed by atoms with Gasteiger partial charge in [-0.05, 0) is 31.5 Å². The number of primary amides is 1. The third-order valence-electron chi connectivity index (χ3n) is 3.28. The van der Waals surface area contributed by atoms with Gasteiger partial charge in [-0.3, -0.25) is 4.79 Å². The van der Waals surface area contributed by atoms with Crippen LogP contribution >= 0.6 is 0 Å². The molecule has 6 nitrogen and oxygen atoms in total. The predicted molar refractivity (Wildman–Crippen MR) is 74.7 cm³/mol. The molecular formula is C12H17N3O3S. The number of hydrogen-bond donors (Lipinski definition) is 3. The number of amides is 1. The molecule has 5 N–H and O–H groups in total. The fourth-order valence-corrected chi connectivity index (χ4v) is 4.36. The van der Waals surface area contributed by atoms with E-state index < -0.39 is 21.3 Å². The van der Waals surface area contributed by atoms with Crippen molar-refractivity contribution in [3.05, 3.63) is 23.8 Å². The fraction of sp³-hybridized carbons (Fsp3) is 0.417. The van der Waals surface area contributed by atoms with Crippen LogP contribution in [0.4, 0.5) is 11.4 Å².